The van der Waals surface area contributed by atoms with E-state index in [0.29, 0.717) is 12.3 Å². The quantitative estimate of drug-likeness (QED) is 0.683. The van der Waals surface area contributed by atoms with Gasteiger partial charge >= 0.3 is 0 Å². The van der Waals surface area contributed by atoms with Crippen molar-refractivity contribution < 1.29 is 9.47 Å². The Bertz CT molecular complexity index is 351. The number of benzene rings is 1. The largest absolute Gasteiger partial charge is 0.489 e. The Morgan fingerprint density at radius 2 is 2.31 bits per heavy atom. The first-order chi connectivity index (χ1) is 7.75. The van der Waals surface area contributed by atoms with Crippen LogP contribution in [0.3, 0.4) is 0 Å². The highest BCUT2D eigenvalue weighted by Crippen LogP contribution is 2.24. The summed E-state index contributed by atoms with van der Waals surface area (Å²) in [6.45, 7) is 1.46. The van der Waals surface area contributed by atoms with E-state index in [2.05, 4.69) is 22.6 Å². The van der Waals surface area contributed by atoms with Gasteiger partial charge in [-0.1, -0.05) is 0 Å². The molecule has 1 saturated heterocycles. The molecule has 16 heavy (non-hydrogen) atoms. The van der Waals surface area contributed by atoms with Crippen molar-refractivity contribution in [2.24, 2.45) is 0 Å². The molecule has 2 N–H and O–H groups in total. The lowest BCUT2D eigenvalue weighted by Gasteiger charge is -2.22. The topological polar surface area (TPSA) is 44.5 Å². The van der Waals surface area contributed by atoms with Crippen LogP contribution in [0.15, 0.2) is 18.2 Å². The summed E-state index contributed by atoms with van der Waals surface area (Å²) in [7, 11) is 0. The molecule has 0 spiro atoms. The van der Waals surface area contributed by atoms with Gasteiger partial charge in [0.25, 0.3) is 0 Å². The predicted molar refractivity (Wildman–Crippen MR) is 72.7 cm³/mol. The molecule has 1 heterocycles. The predicted octanol–water partition coefficient (Wildman–Crippen LogP) is 2.82. The van der Waals surface area contributed by atoms with Crippen molar-refractivity contribution in [3.63, 3.8) is 0 Å². The lowest BCUT2D eigenvalue weighted by atomic mass is 10.1. The zero-order valence-corrected chi connectivity index (χ0v) is 11.3. The van der Waals surface area contributed by atoms with Gasteiger partial charge in [0.05, 0.1) is 11.8 Å². The van der Waals surface area contributed by atoms with Gasteiger partial charge in [0, 0.05) is 10.2 Å². The molecule has 1 aliphatic heterocycles. The molecule has 0 saturated carbocycles. The highest BCUT2D eigenvalue weighted by atomic mass is 127. The van der Waals surface area contributed by atoms with E-state index in [0.717, 1.165) is 22.3 Å². The maximum atomic E-state index is 5.87. The second-order valence-corrected chi connectivity index (χ2v) is 5.23. The Balaban J connectivity index is 1.88. The summed E-state index contributed by atoms with van der Waals surface area (Å²) in [5.74, 6) is 0.759. The molecule has 0 bridgehead atoms. The highest BCUT2D eigenvalue weighted by molar-refractivity contribution is 14.1. The van der Waals surface area contributed by atoms with Crippen LogP contribution < -0.4 is 10.5 Å². The van der Waals surface area contributed by atoms with E-state index < -0.39 is 0 Å². The van der Waals surface area contributed by atoms with Gasteiger partial charge in [0.1, 0.15) is 12.4 Å². The van der Waals surface area contributed by atoms with Gasteiger partial charge in [0.2, 0.25) is 0 Å². The maximum Gasteiger partial charge on any atom is 0.142 e. The Labute approximate surface area is 109 Å². The molecular formula is C12H16INO2. The van der Waals surface area contributed by atoms with Crippen LogP contribution in [0.25, 0.3) is 0 Å². The summed E-state index contributed by atoms with van der Waals surface area (Å²) in [5, 5.41) is 0. The molecule has 3 nitrogen and oxygen atoms in total. The monoisotopic (exact) mass is 333 g/mol. The number of halogens is 1. The zero-order chi connectivity index (χ0) is 11.4. The molecule has 0 aromatic heterocycles. The Morgan fingerprint density at radius 3 is 3.00 bits per heavy atom. The first-order valence-electron chi connectivity index (χ1n) is 5.55. The first-order valence-corrected chi connectivity index (χ1v) is 6.63. The lowest BCUT2D eigenvalue weighted by Crippen LogP contribution is -2.25. The summed E-state index contributed by atoms with van der Waals surface area (Å²) in [5.41, 5.74) is 6.56. The van der Waals surface area contributed by atoms with Crippen molar-refractivity contribution in [3.05, 3.63) is 21.8 Å². The molecule has 88 valence electrons. The van der Waals surface area contributed by atoms with Gasteiger partial charge in [-0.05, 0) is 60.1 Å². The second-order valence-electron chi connectivity index (χ2n) is 3.98. The highest BCUT2D eigenvalue weighted by Gasteiger charge is 2.14. The van der Waals surface area contributed by atoms with Crippen molar-refractivity contribution in [3.8, 4) is 5.75 Å². The maximum absolute atomic E-state index is 5.87. The average Bonchev–Trinajstić information content (AvgIpc) is 2.29. The average molecular weight is 333 g/mol. The molecule has 2 rings (SSSR count). The third kappa shape index (κ3) is 3.25. The minimum atomic E-state index is 0.229. The van der Waals surface area contributed by atoms with Crippen LogP contribution >= 0.6 is 22.6 Å². The molecule has 1 aromatic carbocycles. The van der Waals surface area contributed by atoms with Crippen LogP contribution in [-0.2, 0) is 4.74 Å². The van der Waals surface area contributed by atoms with E-state index in [-0.39, 0.29) is 6.10 Å². The van der Waals surface area contributed by atoms with Crippen molar-refractivity contribution in [1.29, 1.82) is 0 Å². The zero-order valence-electron chi connectivity index (χ0n) is 9.12. The van der Waals surface area contributed by atoms with Crippen molar-refractivity contribution in [1.82, 2.24) is 0 Å². The molecule has 1 atom stereocenters. The fourth-order valence-corrected chi connectivity index (χ4v) is 2.29. The molecule has 0 aliphatic carbocycles. The standard InChI is InChI=1S/C12H16INO2/c13-9-4-5-12(11(14)7-9)16-8-10-3-1-2-6-15-10/h4-5,7,10H,1-3,6,8,14H2. The molecule has 1 aliphatic rings. The summed E-state index contributed by atoms with van der Waals surface area (Å²) < 4.78 is 12.4. The number of anilines is 1. The lowest BCUT2D eigenvalue weighted by molar-refractivity contribution is -0.0109. The molecule has 0 amide bonds. The molecular weight excluding hydrogens is 317 g/mol. The number of ether oxygens (including phenoxy) is 2. The van der Waals surface area contributed by atoms with E-state index in [4.69, 9.17) is 15.2 Å². The van der Waals surface area contributed by atoms with Gasteiger partial charge in [-0.2, -0.15) is 0 Å². The van der Waals surface area contributed by atoms with Crippen molar-refractivity contribution in [2.45, 2.75) is 25.4 Å². The van der Waals surface area contributed by atoms with Crippen LogP contribution in [0.2, 0.25) is 0 Å². The van der Waals surface area contributed by atoms with E-state index in [1.54, 1.807) is 0 Å². The molecule has 4 heteroatoms. The third-order valence-corrected chi connectivity index (χ3v) is 3.34. The number of nitrogen functional groups attached to an aromatic ring is 1. The second kappa shape index (κ2) is 5.72. The van der Waals surface area contributed by atoms with Crippen molar-refractivity contribution >= 4 is 28.3 Å². The van der Waals surface area contributed by atoms with E-state index in [1.807, 2.05) is 18.2 Å². The van der Waals surface area contributed by atoms with Crippen LogP contribution in [-0.4, -0.2) is 19.3 Å². The number of hydrogen-bond acceptors (Lipinski definition) is 3. The van der Waals surface area contributed by atoms with Gasteiger partial charge in [0.15, 0.2) is 0 Å². The summed E-state index contributed by atoms with van der Waals surface area (Å²) >= 11 is 2.23. The number of rotatable bonds is 3. The van der Waals surface area contributed by atoms with E-state index >= 15 is 0 Å². The molecule has 1 aromatic rings. The minimum Gasteiger partial charge on any atom is -0.489 e. The van der Waals surface area contributed by atoms with Crippen molar-refractivity contribution in [2.75, 3.05) is 18.9 Å². The SMILES string of the molecule is Nc1cc(I)ccc1OCC1CCCCO1. The van der Waals surface area contributed by atoms with Crippen LogP contribution in [0.5, 0.6) is 5.75 Å². The summed E-state index contributed by atoms with van der Waals surface area (Å²) in [6, 6.07) is 5.82. The Morgan fingerprint density at radius 1 is 1.44 bits per heavy atom. The van der Waals surface area contributed by atoms with Crippen LogP contribution in [0.4, 0.5) is 5.69 Å². The van der Waals surface area contributed by atoms with E-state index in [9.17, 15) is 0 Å². The third-order valence-electron chi connectivity index (χ3n) is 2.67. The van der Waals surface area contributed by atoms with Gasteiger partial charge < -0.3 is 15.2 Å². The van der Waals surface area contributed by atoms with Gasteiger partial charge in [-0.3, -0.25) is 0 Å². The van der Waals surface area contributed by atoms with Crippen LogP contribution in [0, 0.1) is 3.57 Å². The Kier molecular flexibility index (Phi) is 4.29. The molecule has 1 fully saturated rings. The summed E-state index contributed by atoms with van der Waals surface area (Å²) in [4.78, 5) is 0. The number of nitrogens with two attached hydrogens (primary N) is 1. The smallest absolute Gasteiger partial charge is 0.142 e. The minimum absolute atomic E-state index is 0.229. The van der Waals surface area contributed by atoms with Crippen LogP contribution in [0.1, 0.15) is 19.3 Å². The van der Waals surface area contributed by atoms with Gasteiger partial charge in [-0.25, -0.2) is 0 Å². The van der Waals surface area contributed by atoms with E-state index in [1.165, 1.54) is 12.8 Å². The first kappa shape index (κ1) is 12.0. The summed E-state index contributed by atoms with van der Waals surface area (Å²) in [6.07, 6.45) is 3.72. The molecule has 0 radical (unpaired) electrons. The Hall–Kier alpha value is -0.490. The molecule has 1 unspecified atom stereocenters. The fourth-order valence-electron chi connectivity index (χ4n) is 1.77. The fraction of sp³-hybridized carbons (Fsp3) is 0.500. The number of hydrogen-bond donors (Lipinski definition) is 1. The normalized spacial score (nSPS) is 20.7. The van der Waals surface area contributed by atoms with Gasteiger partial charge in [-0.15, -0.1) is 0 Å².